The molecule has 1 saturated heterocycles. The molecule has 0 aliphatic carbocycles. The van der Waals surface area contributed by atoms with Gasteiger partial charge in [-0.15, -0.1) is 0 Å². The van der Waals surface area contributed by atoms with Crippen LogP contribution in [0.25, 0.3) is 11.0 Å². The molecule has 2 N–H and O–H groups in total. The van der Waals surface area contributed by atoms with Crippen LogP contribution < -0.4 is 10.6 Å². The molecule has 0 bridgehead atoms. The van der Waals surface area contributed by atoms with Crippen LogP contribution in [-0.4, -0.2) is 56.3 Å². The first-order valence-corrected chi connectivity index (χ1v) is 13.3. The van der Waals surface area contributed by atoms with Crippen LogP contribution >= 0.6 is 11.6 Å². The van der Waals surface area contributed by atoms with Crippen LogP contribution in [0.2, 0.25) is 5.02 Å². The lowest BCUT2D eigenvalue weighted by molar-refractivity contribution is -0.260. The van der Waals surface area contributed by atoms with E-state index in [-0.39, 0.29) is 5.92 Å². The summed E-state index contributed by atoms with van der Waals surface area (Å²) < 4.78 is 17.5. The molecule has 1 aromatic heterocycles. The number of anilines is 1. The number of nitrogens with one attached hydrogen (secondary N) is 2. The predicted octanol–water partition coefficient (Wildman–Crippen LogP) is 5.14. The SMILES string of the molecule is CCc1oc2ccc(NC(=NCC3COC(C)(C)OC3)N(C=O)Cc3ccc(Cl)cc3)cc2c1C.CNC=O. The Kier molecular flexibility index (Phi) is 10.9. The summed E-state index contributed by atoms with van der Waals surface area (Å²) in [5.74, 6) is 0.939. The Morgan fingerprint density at radius 3 is 2.41 bits per heavy atom. The summed E-state index contributed by atoms with van der Waals surface area (Å²) in [6, 6.07) is 13.3. The zero-order valence-electron chi connectivity index (χ0n) is 23.1. The van der Waals surface area contributed by atoms with E-state index < -0.39 is 5.79 Å². The predicted molar refractivity (Wildman–Crippen MR) is 154 cm³/mol. The van der Waals surface area contributed by atoms with E-state index in [1.807, 2.05) is 56.3 Å². The fourth-order valence-electron chi connectivity index (χ4n) is 4.01. The number of nitrogens with zero attached hydrogens (tertiary/aromatic N) is 2. The average Bonchev–Trinajstić information content (AvgIpc) is 3.26. The fourth-order valence-corrected chi connectivity index (χ4v) is 4.14. The van der Waals surface area contributed by atoms with Crippen LogP contribution in [-0.2, 0) is 32.0 Å². The maximum absolute atomic E-state index is 12.2. The van der Waals surface area contributed by atoms with Gasteiger partial charge in [-0.3, -0.25) is 19.5 Å². The minimum Gasteiger partial charge on any atom is -0.461 e. The summed E-state index contributed by atoms with van der Waals surface area (Å²) in [5, 5.41) is 7.30. The van der Waals surface area contributed by atoms with E-state index in [0.29, 0.717) is 43.7 Å². The molecular formula is C29H37ClN4O5. The number of guanidine groups is 1. The number of hydrogen-bond donors (Lipinski definition) is 2. The van der Waals surface area contributed by atoms with Crippen molar-refractivity contribution in [1.29, 1.82) is 0 Å². The second-order valence-electron chi connectivity index (χ2n) is 9.66. The third kappa shape index (κ3) is 8.54. The summed E-state index contributed by atoms with van der Waals surface area (Å²) in [4.78, 5) is 27.6. The second-order valence-corrected chi connectivity index (χ2v) is 10.1. The van der Waals surface area contributed by atoms with Crippen LogP contribution in [0.4, 0.5) is 5.69 Å². The van der Waals surface area contributed by atoms with Gasteiger partial charge >= 0.3 is 0 Å². The number of halogens is 1. The summed E-state index contributed by atoms with van der Waals surface area (Å²) in [5.41, 5.74) is 3.73. The number of aryl methyl sites for hydroxylation is 2. The number of benzene rings is 2. The molecule has 9 nitrogen and oxygen atoms in total. The van der Waals surface area contributed by atoms with Crippen LogP contribution in [0, 0.1) is 12.8 Å². The lowest BCUT2D eigenvalue weighted by Crippen LogP contribution is -2.41. The molecule has 210 valence electrons. The Labute approximate surface area is 234 Å². The number of amides is 2. The Bertz CT molecular complexity index is 1260. The summed E-state index contributed by atoms with van der Waals surface area (Å²) >= 11 is 6.03. The van der Waals surface area contributed by atoms with Crippen molar-refractivity contribution in [2.45, 2.75) is 46.4 Å². The maximum Gasteiger partial charge on any atom is 0.216 e. The monoisotopic (exact) mass is 556 g/mol. The smallest absolute Gasteiger partial charge is 0.216 e. The van der Waals surface area contributed by atoms with Crippen molar-refractivity contribution >= 4 is 47.0 Å². The van der Waals surface area contributed by atoms with Crippen LogP contribution in [0.3, 0.4) is 0 Å². The van der Waals surface area contributed by atoms with Crippen LogP contribution in [0.1, 0.15) is 37.7 Å². The summed E-state index contributed by atoms with van der Waals surface area (Å²) in [7, 11) is 1.56. The van der Waals surface area contributed by atoms with Gasteiger partial charge in [0.15, 0.2) is 5.79 Å². The molecular weight excluding hydrogens is 520 g/mol. The molecule has 0 unspecified atom stereocenters. The first-order chi connectivity index (χ1) is 18.7. The largest absolute Gasteiger partial charge is 0.461 e. The Morgan fingerprint density at radius 1 is 1.15 bits per heavy atom. The van der Waals surface area contributed by atoms with Crippen molar-refractivity contribution in [1.82, 2.24) is 10.2 Å². The van der Waals surface area contributed by atoms with Crippen molar-refractivity contribution in [3.05, 3.63) is 64.4 Å². The van der Waals surface area contributed by atoms with Gasteiger partial charge in [0.1, 0.15) is 11.3 Å². The first kappa shape index (κ1) is 30.1. The second kappa shape index (κ2) is 14.1. The van der Waals surface area contributed by atoms with Gasteiger partial charge in [0, 0.05) is 35.5 Å². The number of carbonyl (C=O) groups excluding carboxylic acids is 2. The number of aliphatic imine (C=N–C) groups is 1. The van der Waals surface area contributed by atoms with Gasteiger partial charge < -0.3 is 24.5 Å². The van der Waals surface area contributed by atoms with E-state index in [0.717, 1.165) is 46.4 Å². The number of carbonyl (C=O) groups is 2. The van der Waals surface area contributed by atoms with Gasteiger partial charge in [0.05, 0.1) is 26.3 Å². The van der Waals surface area contributed by atoms with Gasteiger partial charge in [-0.1, -0.05) is 30.7 Å². The summed E-state index contributed by atoms with van der Waals surface area (Å²) in [6.07, 6.45) is 2.24. The zero-order valence-corrected chi connectivity index (χ0v) is 23.9. The van der Waals surface area contributed by atoms with E-state index in [9.17, 15) is 4.79 Å². The number of rotatable bonds is 8. The standard InChI is InChI=1S/C27H32ClN3O4.C2H5NO/c1-5-24-18(2)23-12-22(10-11-25(23)35-24)30-26(29-13-20-15-33-27(3,4)34-16-20)31(17-32)14-19-6-8-21(28)9-7-19;1-3-2-4/h6-12,17,20H,5,13-16H2,1-4H3,(H,29,30);2H,1H3,(H,3,4). The van der Waals surface area contributed by atoms with Crippen molar-refractivity contribution in [2.24, 2.45) is 10.9 Å². The van der Waals surface area contributed by atoms with E-state index >= 15 is 0 Å². The first-order valence-electron chi connectivity index (χ1n) is 12.9. The highest BCUT2D eigenvalue weighted by atomic mass is 35.5. The van der Waals surface area contributed by atoms with Crippen molar-refractivity contribution in [3.63, 3.8) is 0 Å². The van der Waals surface area contributed by atoms with E-state index in [2.05, 4.69) is 24.5 Å². The molecule has 0 saturated carbocycles. The molecule has 0 radical (unpaired) electrons. The lowest BCUT2D eigenvalue weighted by atomic mass is 10.1. The van der Waals surface area contributed by atoms with Gasteiger partial charge in [-0.25, -0.2) is 0 Å². The van der Waals surface area contributed by atoms with E-state index in [4.69, 9.17) is 35.3 Å². The number of fused-ring (bicyclic) bond motifs is 1. The highest BCUT2D eigenvalue weighted by molar-refractivity contribution is 6.30. The van der Waals surface area contributed by atoms with Gasteiger partial charge in [-0.05, 0) is 62.2 Å². The van der Waals surface area contributed by atoms with Gasteiger partial charge in [0.2, 0.25) is 18.8 Å². The number of hydrogen-bond acceptors (Lipinski definition) is 6. The maximum atomic E-state index is 12.2. The van der Waals surface area contributed by atoms with Crippen molar-refractivity contribution < 1.29 is 23.5 Å². The quantitative estimate of drug-likeness (QED) is 0.226. The number of ether oxygens (including phenoxy) is 2. The Hall–Kier alpha value is -3.40. The van der Waals surface area contributed by atoms with E-state index in [1.54, 1.807) is 11.9 Å². The molecule has 3 aromatic rings. The van der Waals surface area contributed by atoms with Crippen LogP contribution in [0.15, 0.2) is 51.9 Å². The van der Waals surface area contributed by atoms with E-state index in [1.165, 1.54) is 0 Å². The molecule has 2 heterocycles. The molecule has 39 heavy (non-hydrogen) atoms. The molecule has 0 spiro atoms. The number of furan rings is 1. The molecule has 4 rings (SSSR count). The van der Waals surface area contributed by atoms with Gasteiger partial charge in [-0.2, -0.15) is 0 Å². The van der Waals surface area contributed by atoms with Crippen molar-refractivity contribution in [3.8, 4) is 0 Å². The topological polar surface area (TPSA) is 105 Å². The third-order valence-corrected chi connectivity index (χ3v) is 6.48. The minimum absolute atomic E-state index is 0.0922. The summed E-state index contributed by atoms with van der Waals surface area (Å²) in [6.45, 7) is 9.83. The average molecular weight is 557 g/mol. The van der Waals surface area contributed by atoms with Crippen LogP contribution in [0.5, 0.6) is 0 Å². The lowest BCUT2D eigenvalue weighted by Gasteiger charge is -2.34. The Balaban J connectivity index is 0.000000983. The molecule has 1 fully saturated rings. The van der Waals surface area contributed by atoms with Crippen molar-refractivity contribution in [2.75, 3.05) is 32.1 Å². The Morgan fingerprint density at radius 2 is 1.82 bits per heavy atom. The molecule has 0 atom stereocenters. The molecule has 1 aliphatic rings. The zero-order chi connectivity index (χ0) is 28.4. The normalized spacial score (nSPS) is 15.3. The fraction of sp³-hybridized carbons (Fsp3) is 0.414. The minimum atomic E-state index is -0.583. The highest BCUT2D eigenvalue weighted by Gasteiger charge is 2.28. The molecule has 2 aromatic carbocycles. The third-order valence-electron chi connectivity index (χ3n) is 6.23. The molecule has 1 aliphatic heterocycles. The molecule has 2 amide bonds. The molecule has 10 heteroatoms. The highest BCUT2D eigenvalue weighted by Crippen LogP contribution is 2.28. The van der Waals surface area contributed by atoms with Gasteiger partial charge in [0.25, 0.3) is 0 Å².